The SMILES string of the molecule is CCC(C)CN(C)c1ncc(CNC)cc1C. The van der Waals surface area contributed by atoms with Gasteiger partial charge in [0.15, 0.2) is 0 Å². The molecule has 1 N–H and O–H groups in total. The number of pyridine rings is 1. The first-order chi connectivity index (χ1) is 8.08. The molecule has 1 aromatic heterocycles. The topological polar surface area (TPSA) is 28.2 Å². The van der Waals surface area contributed by atoms with Crippen LogP contribution in [0.25, 0.3) is 0 Å². The molecule has 96 valence electrons. The molecular weight excluding hydrogens is 210 g/mol. The average Bonchev–Trinajstić information content (AvgIpc) is 2.29. The Morgan fingerprint density at radius 2 is 2.18 bits per heavy atom. The van der Waals surface area contributed by atoms with Gasteiger partial charge < -0.3 is 10.2 Å². The van der Waals surface area contributed by atoms with Crippen LogP contribution in [0.3, 0.4) is 0 Å². The molecule has 1 aromatic rings. The predicted octanol–water partition coefficient (Wildman–Crippen LogP) is 2.59. The van der Waals surface area contributed by atoms with Crippen molar-refractivity contribution in [1.29, 1.82) is 0 Å². The number of hydrogen-bond donors (Lipinski definition) is 1. The highest BCUT2D eigenvalue weighted by atomic mass is 15.2. The lowest BCUT2D eigenvalue weighted by Gasteiger charge is -2.23. The van der Waals surface area contributed by atoms with Crippen LogP contribution in [0.1, 0.15) is 31.4 Å². The van der Waals surface area contributed by atoms with Gasteiger partial charge in [-0.15, -0.1) is 0 Å². The van der Waals surface area contributed by atoms with Crippen molar-refractivity contribution in [1.82, 2.24) is 10.3 Å². The highest BCUT2D eigenvalue weighted by Crippen LogP contribution is 2.18. The molecule has 0 aromatic carbocycles. The van der Waals surface area contributed by atoms with Crippen LogP contribution in [0.5, 0.6) is 0 Å². The zero-order chi connectivity index (χ0) is 12.8. The van der Waals surface area contributed by atoms with Gasteiger partial charge >= 0.3 is 0 Å². The summed E-state index contributed by atoms with van der Waals surface area (Å²) in [7, 11) is 4.08. The zero-order valence-electron chi connectivity index (χ0n) is 11.7. The van der Waals surface area contributed by atoms with Crippen molar-refractivity contribution in [3.05, 3.63) is 23.4 Å². The predicted molar refractivity (Wildman–Crippen MR) is 74.5 cm³/mol. The van der Waals surface area contributed by atoms with Crippen LogP contribution in [0.15, 0.2) is 12.3 Å². The van der Waals surface area contributed by atoms with Gasteiger partial charge in [-0.05, 0) is 37.1 Å². The summed E-state index contributed by atoms with van der Waals surface area (Å²) >= 11 is 0. The summed E-state index contributed by atoms with van der Waals surface area (Å²) in [6.07, 6.45) is 3.17. The molecule has 17 heavy (non-hydrogen) atoms. The van der Waals surface area contributed by atoms with Crippen molar-refractivity contribution in [2.45, 2.75) is 33.7 Å². The van der Waals surface area contributed by atoms with E-state index in [1.165, 1.54) is 17.5 Å². The lowest BCUT2D eigenvalue weighted by atomic mass is 10.1. The number of hydrogen-bond acceptors (Lipinski definition) is 3. The first-order valence-electron chi connectivity index (χ1n) is 6.39. The van der Waals surface area contributed by atoms with Gasteiger partial charge in [0.25, 0.3) is 0 Å². The summed E-state index contributed by atoms with van der Waals surface area (Å²) in [4.78, 5) is 6.83. The van der Waals surface area contributed by atoms with Crippen molar-refractivity contribution < 1.29 is 0 Å². The number of rotatable bonds is 6. The van der Waals surface area contributed by atoms with Crippen LogP contribution < -0.4 is 10.2 Å². The van der Waals surface area contributed by atoms with E-state index in [1.807, 2.05) is 13.2 Å². The minimum Gasteiger partial charge on any atom is -0.359 e. The Balaban J connectivity index is 2.77. The summed E-state index contributed by atoms with van der Waals surface area (Å²) in [5.41, 5.74) is 2.49. The average molecular weight is 235 g/mol. The fourth-order valence-corrected chi connectivity index (χ4v) is 2.01. The highest BCUT2D eigenvalue weighted by Gasteiger charge is 2.09. The second-order valence-corrected chi connectivity index (χ2v) is 4.91. The maximum Gasteiger partial charge on any atom is 0.131 e. The summed E-state index contributed by atoms with van der Waals surface area (Å²) in [5, 5.41) is 3.15. The Bertz CT molecular complexity index is 349. The third-order valence-corrected chi connectivity index (χ3v) is 3.13. The van der Waals surface area contributed by atoms with Gasteiger partial charge in [0.05, 0.1) is 0 Å². The van der Waals surface area contributed by atoms with E-state index in [2.05, 4.69) is 49.1 Å². The van der Waals surface area contributed by atoms with Gasteiger partial charge in [0.1, 0.15) is 5.82 Å². The van der Waals surface area contributed by atoms with E-state index in [1.54, 1.807) is 0 Å². The lowest BCUT2D eigenvalue weighted by molar-refractivity contribution is 0.557. The molecule has 0 saturated carbocycles. The molecule has 0 aliphatic rings. The van der Waals surface area contributed by atoms with Gasteiger partial charge in [-0.3, -0.25) is 0 Å². The Morgan fingerprint density at radius 3 is 2.71 bits per heavy atom. The van der Waals surface area contributed by atoms with Gasteiger partial charge in [0.2, 0.25) is 0 Å². The highest BCUT2D eigenvalue weighted by molar-refractivity contribution is 5.46. The fraction of sp³-hybridized carbons (Fsp3) is 0.643. The van der Waals surface area contributed by atoms with Crippen molar-refractivity contribution in [3.63, 3.8) is 0 Å². The van der Waals surface area contributed by atoms with E-state index in [9.17, 15) is 0 Å². The van der Waals surface area contributed by atoms with Crippen LogP contribution in [-0.4, -0.2) is 25.6 Å². The van der Waals surface area contributed by atoms with Crippen molar-refractivity contribution in [2.75, 3.05) is 25.5 Å². The maximum atomic E-state index is 4.57. The molecule has 0 bridgehead atoms. The van der Waals surface area contributed by atoms with E-state index < -0.39 is 0 Å². The summed E-state index contributed by atoms with van der Waals surface area (Å²) < 4.78 is 0. The molecule has 1 rings (SSSR count). The molecular formula is C14H25N3. The summed E-state index contributed by atoms with van der Waals surface area (Å²) in [6.45, 7) is 8.59. The molecule has 0 aliphatic heterocycles. The standard InChI is InChI=1S/C14H25N3/c1-6-11(2)10-17(5)14-12(3)7-13(8-15-4)9-16-14/h7,9,11,15H,6,8,10H2,1-5H3. The van der Waals surface area contributed by atoms with Crippen LogP contribution in [0, 0.1) is 12.8 Å². The zero-order valence-corrected chi connectivity index (χ0v) is 11.7. The van der Waals surface area contributed by atoms with Crippen molar-refractivity contribution in [2.24, 2.45) is 5.92 Å². The molecule has 0 amide bonds. The van der Waals surface area contributed by atoms with Crippen molar-refractivity contribution >= 4 is 5.82 Å². The normalized spacial score (nSPS) is 12.5. The molecule has 1 heterocycles. The fourth-order valence-electron chi connectivity index (χ4n) is 2.01. The van der Waals surface area contributed by atoms with E-state index in [0.29, 0.717) is 5.92 Å². The molecule has 1 unspecified atom stereocenters. The Labute approximate surface area is 105 Å². The van der Waals surface area contributed by atoms with Crippen LogP contribution >= 0.6 is 0 Å². The van der Waals surface area contributed by atoms with E-state index in [4.69, 9.17) is 0 Å². The van der Waals surface area contributed by atoms with E-state index in [-0.39, 0.29) is 0 Å². The molecule has 0 spiro atoms. The number of aryl methyl sites for hydroxylation is 1. The first-order valence-corrected chi connectivity index (χ1v) is 6.39. The number of anilines is 1. The van der Waals surface area contributed by atoms with Crippen molar-refractivity contribution in [3.8, 4) is 0 Å². The number of aromatic nitrogens is 1. The van der Waals surface area contributed by atoms with Gasteiger partial charge in [-0.2, -0.15) is 0 Å². The molecule has 0 radical (unpaired) electrons. The Morgan fingerprint density at radius 1 is 1.47 bits per heavy atom. The molecule has 0 aliphatic carbocycles. The molecule has 3 heteroatoms. The van der Waals surface area contributed by atoms with Crippen LogP contribution in [-0.2, 0) is 6.54 Å². The second-order valence-electron chi connectivity index (χ2n) is 4.91. The van der Waals surface area contributed by atoms with E-state index in [0.717, 1.165) is 18.9 Å². The first kappa shape index (κ1) is 14.0. The smallest absolute Gasteiger partial charge is 0.131 e. The molecule has 0 saturated heterocycles. The Hall–Kier alpha value is -1.09. The molecule has 3 nitrogen and oxygen atoms in total. The third-order valence-electron chi connectivity index (χ3n) is 3.13. The molecule has 0 fully saturated rings. The monoisotopic (exact) mass is 235 g/mol. The van der Waals surface area contributed by atoms with Crippen LogP contribution in [0.2, 0.25) is 0 Å². The largest absolute Gasteiger partial charge is 0.359 e. The lowest BCUT2D eigenvalue weighted by Crippen LogP contribution is -2.25. The van der Waals surface area contributed by atoms with Gasteiger partial charge in [-0.25, -0.2) is 4.98 Å². The summed E-state index contributed by atoms with van der Waals surface area (Å²) in [5.74, 6) is 1.81. The number of nitrogens with zero attached hydrogens (tertiary/aromatic N) is 2. The van der Waals surface area contributed by atoms with Gasteiger partial charge in [0, 0.05) is 26.3 Å². The third kappa shape index (κ3) is 4.00. The minimum absolute atomic E-state index is 0.707. The summed E-state index contributed by atoms with van der Waals surface area (Å²) in [6, 6.07) is 2.21. The minimum atomic E-state index is 0.707. The Kier molecular flexibility index (Phi) is 5.42. The second kappa shape index (κ2) is 6.60. The maximum absolute atomic E-state index is 4.57. The van der Waals surface area contributed by atoms with E-state index >= 15 is 0 Å². The molecule has 1 atom stereocenters. The van der Waals surface area contributed by atoms with Gasteiger partial charge in [-0.1, -0.05) is 20.3 Å². The number of nitrogens with one attached hydrogen (secondary N) is 1. The quantitative estimate of drug-likeness (QED) is 0.821. The van der Waals surface area contributed by atoms with Crippen LogP contribution in [0.4, 0.5) is 5.82 Å².